The fraction of sp³-hybridized carbons (Fsp3) is 0.0952. The Morgan fingerprint density at radius 2 is 1.71 bits per heavy atom. The predicted octanol–water partition coefficient (Wildman–Crippen LogP) is 4.64. The Morgan fingerprint density at radius 3 is 2.54 bits per heavy atom. The van der Waals surface area contributed by atoms with Crippen LogP contribution in [0.1, 0.15) is 11.1 Å². The molecule has 0 fully saturated rings. The predicted molar refractivity (Wildman–Crippen MR) is 99.9 cm³/mol. The molecule has 3 heteroatoms. The Labute approximate surface area is 141 Å². The van der Waals surface area contributed by atoms with Gasteiger partial charge in [-0.15, -0.1) is 0 Å². The van der Waals surface area contributed by atoms with E-state index in [4.69, 9.17) is 10.7 Å². The summed E-state index contributed by atoms with van der Waals surface area (Å²) in [6, 6.07) is 24.7. The van der Waals surface area contributed by atoms with Crippen LogP contribution in [0.5, 0.6) is 0 Å². The van der Waals surface area contributed by atoms with Crippen molar-refractivity contribution in [3.05, 3.63) is 83.9 Å². The Hall–Kier alpha value is -3.07. The summed E-state index contributed by atoms with van der Waals surface area (Å²) in [5, 5.41) is 0. The average Bonchev–Trinajstić information content (AvgIpc) is 2.96. The van der Waals surface area contributed by atoms with E-state index in [9.17, 15) is 0 Å². The van der Waals surface area contributed by atoms with Gasteiger partial charge in [0.1, 0.15) is 5.82 Å². The van der Waals surface area contributed by atoms with Gasteiger partial charge in [0.25, 0.3) is 0 Å². The number of aromatic nitrogens is 2. The molecule has 4 aromatic rings. The molecule has 0 radical (unpaired) electrons. The normalized spacial score (nSPS) is 11.0. The first-order valence-corrected chi connectivity index (χ1v) is 8.08. The molecule has 3 nitrogen and oxygen atoms in total. The smallest absolute Gasteiger partial charge is 0.141 e. The number of nitrogens with zero attached hydrogens (tertiary/aromatic N) is 2. The van der Waals surface area contributed by atoms with E-state index >= 15 is 0 Å². The molecule has 0 saturated heterocycles. The highest BCUT2D eigenvalue weighted by atomic mass is 15.1. The lowest BCUT2D eigenvalue weighted by molar-refractivity contribution is 0.828. The maximum absolute atomic E-state index is 5.98. The van der Waals surface area contributed by atoms with Gasteiger partial charge in [-0.25, -0.2) is 4.98 Å². The quantitative estimate of drug-likeness (QED) is 0.560. The molecule has 1 aromatic heterocycles. The molecule has 0 aliphatic carbocycles. The van der Waals surface area contributed by atoms with Crippen molar-refractivity contribution in [2.45, 2.75) is 13.5 Å². The number of anilines is 1. The molecule has 0 saturated carbocycles. The van der Waals surface area contributed by atoms with Gasteiger partial charge in [-0.2, -0.15) is 0 Å². The number of para-hydroxylation sites is 2. The summed E-state index contributed by atoms with van der Waals surface area (Å²) < 4.78 is 2.27. The van der Waals surface area contributed by atoms with Crippen molar-refractivity contribution < 1.29 is 0 Å². The molecular formula is C21H19N3. The second kappa shape index (κ2) is 5.85. The van der Waals surface area contributed by atoms with Crippen LogP contribution in [0.2, 0.25) is 0 Å². The number of fused-ring (bicyclic) bond motifs is 1. The van der Waals surface area contributed by atoms with Crippen LogP contribution in [-0.4, -0.2) is 9.55 Å². The Balaban J connectivity index is 1.92. The molecule has 1 heterocycles. The van der Waals surface area contributed by atoms with Gasteiger partial charge in [0, 0.05) is 17.8 Å². The van der Waals surface area contributed by atoms with Crippen LogP contribution in [0.15, 0.2) is 72.8 Å². The molecule has 2 N–H and O–H groups in total. The number of hydrogen-bond donors (Lipinski definition) is 1. The van der Waals surface area contributed by atoms with Crippen molar-refractivity contribution in [3.8, 4) is 11.4 Å². The minimum absolute atomic E-state index is 0.752. The van der Waals surface area contributed by atoms with E-state index in [1.807, 2.05) is 24.3 Å². The maximum atomic E-state index is 5.98. The lowest BCUT2D eigenvalue weighted by Gasteiger charge is -2.12. The number of aryl methyl sites for hydroxylation is 1. The van der Waals surface area contributed by atoms with Crippen molar-refractivity contribution in [1.82, 2.24) is 9.55 Å². The molecule has 118 valence electrons. The zero-order valence-corrected chi connectivity index (χ0v) is 13.6. The molecule has 0 spiro atoms. The first kappa shape index (κ1) is 14.5. The highest BCUT2D eigenvalue weighted by molar-refractivity contribution is 5.81. The van der Waals surface area contributed by atoms with Gasteiger partial charge in [-0.05, 0) is 42.3 Å². The van der Waals surface area contributed by atoms with E-state index in [0.29, 0.717) is 0 Å². The second-order valence-corrected chi connectivity index (χ2v) is 6.06. The van der Waals surface area contributed by atoms with Crippen LogP contribution in [0.25, 0.3) is 22.4 Å². The number of hydrogen-bond acceptors (Lipinski definition) is 2. The van der Waals surface area contributed by atoms with Crippen molar-refractivity contribution in [3.63, 3.8) is 0 Å². The zero-order valence-electron chi connectivity index (χ0n) is 13.6. The third kappa shape index (κ3) is 2.54. The molecule has 0 aliphatic heterocycles. The summed E-state index contributed by atoms with van der Waals surface area (Å²) in [4.78, 5) is 4.86. The summed E-state index contributed by atoms with van der Waals surface area (Å²) >= 11 is 0. The van der Waals surface area contributed by atoms with Gasteiger partial charge in [0.15, 0.2) is 0 Å². The van der Waals surface area contributed by atoms with Gasteiger partial charge < -0.3 is 10.3 Å². The van der Waals surface area contributed by atoms with E-state index in [1.54, 1.807) is 0 Å². The number of nitrogens with two attached hydrogens (primary N) is 1. The molecule has 0 bridgehead atoms. The van der Waals surface area contributed by atoms with E-state index in [1.165, 1.54) is 11.1 Å². The van der Waals surface area contributed by atoms with Gasteiger partial charge in [0.05, 0.1) is 11.0 Å². The topological polar surface area (TPSA) is 43.8 Å². The zero-order chi connectivity index (χ0) is 16.5. The van der Waals surface area contributed by atoms with Crippen LogP contribution in [0.4, 0.5) is 5.69 Å². The highest BCUT2D eigenvalue weighted by Crippen LogP contribution is 2.27. The third-order valence-corrected chi connectivity index (χ3v) is 4.39. The fourth-order valence-corrected chi connectivity index (χ4v) is 3.09. The van der Waals surface area contributed by atoms with Crippen molar-refractivity contribution in [2.75, 3.05) is 5.73 Å². The molecule has 24 heavy (non-hydrogen) atoms. The molecule has 0 unspecified atom stereocenters. The second-order valence-electron chi connectivity index (χ2n) is 6.06. The molecular weight excluding hydrogens is 294 g/mol. The first-order valence-electron chi connectivity index (χ1n) is 8.08. The Morgan fingerprint density at radius 1 is 0.917 bits per heavy atom. The minimum Gasteiger partial charge on any atom is -0.399 e. The minimum atomic E-state index is 0.752. The lowest BCUT2D eigenvalue weighted by atomic mass is 10.1. The summed E-state index contributed by atoms with van der Waals surface area (Å²) in [5.74, 6) is 0.951. The van der Waals surface area contributed by atoms with Crippen molar-refractivity contribution >= 4 is 16.7 Å². The maximum Gasteiger partial charge on any atom is 0.141 e. The lowest BCUT2D eigenvalue weighted by Crippen LogP contribution is -2.04. The van der Waals surface area contributed by atoms with Crippen LogP contribution in [0.3, 0.4) is 0 Å². The summed E-state index contributed by atoms with van der Waals surface area (Å²) in [6.07, 6.45) is 0. The molecule has 0 amide bonds. The summed E-state index contributed by atoms with van der Waals surface area (Å²) in [7, 11) is 0. The number of imidazole rings is 1. The van der Waals surface area contributed by atoms with Crippen LogP contribution in [0, 0.1) is 6.92 Å². The number of rotatable bonds is 3. The van der Waals surface area contributed by atoms with Crippen LogP contribution in [-0.2, 0) is 6.54 Å². The van der Waals surface area contributed by atoms with E-state index in [-0.39, 0.29) is 0 Å². The molecule has 3 aromatic carbocycles. The van der Waals surface area contributed by atoms with E-state index in [2.05, 4.69) is 60.0 Å². The first-order chi connectivity index (χ1) is 11.7. The fourth-order valence-electron chi connectivity index (χ4n) is 3.09. The summed E-state index contributed by atoms with van der Waals surface area (Å²) in [6.45, 7) is 2.94. The van der Waals surface area contributed by atoms with Crippen LogP contribution < -0.4 is 5.73 Å². The van der Waals surface area contributed by atoms with E-state index < -0.39 is 0 Å². The van der Waals surface area contributed by atoms with Crippen molar-refractivity contribution in [1.29, 1.82) is 0 Å². The summed E-state index contributed by atoms with van der Waals surface area (Å²) in [5.41, 5.74) is 12.5. The number of benzene rings is 3. The molecule has 0 aliphatic rings. The van der Waals surface area contributed by atoms with Crippen LogP contribution >= 0.6 is 0 Å². The molecule has 4 rings (SSSR count). The Kier molecular flexibility index (Phi) is 3.54. The standard InChI is InChI=1S/C21H19N3/c1-15-7-2-3-8-17(15)14-24-20-12-5-4-11-19(20)23-21(24)16-9-6-10-18(22)13-16/h2-13H,14,22H2,1H3. The van der Waals surface area contributed by atoms with Crippen molar-refractivity contribution in [2.24, 2.45) is 0 Å². The van der Waals surface area contributed by atoms with Gasteiger partial charge in [0.2, 0.25) is 0 Å². The third-order valence-electron chi connectivity index (χ3n) is 4.39. The average molecular weight is 313 g/mol. The number of nitrogen functional groups attached to an aromatic ring is 1. The largest absolute Gasteiger partial charge is 0.399 e. The van der Waals surface area contributed by atoms with Gasteiger partial charge >= 0.3 is 0 Å². The van der Waals surface area contributed by atoms with Gasteiger partial charge in [-0.1, -0.05) is 48.5 Å². The SMILES string of the molecule is Cc1ccccc1Cn1c(-c2cccc(N)c2)nc2ccccc21. The monoisotopic (exact) mass is 313 g/mol. The Bertz CT molecular complexity index is 1010. The van der Waals surface area contributed by atoms with Gasteiger partial charge in [-0.3, -0.25) is 0 Å². The molecule has 0 atom stereocenters. The highest BCUT2D eigenvalue weighted by Gasteiger charge is 2.13. The van der Waals surface area contributed by atoms with E-state index in [0.717, 1.165) is 34.7 Å².